The fraction of sp³-hybridized carbons (Fsp3) is 0.360. The van der Waals surface area contributed by atoms with Gasteiger partial charge in [-0.3, -0.25) is 14.4 Å². The molecule has 1 atom stereocenters. The highest BCUT2D eigenvalue weighted by Gasteiger charge is 2.46. The van der Waals surface area contributed by atoms with Gasteiger partial charge in [0.2, 0.25) is 17.3 Å². The molecule has 2 aromatic rings. The summed E-state index contributed by atoms with van der Waals surface area (Å²) in [7, 11) is 1.59. The Morgan fingerprint density at radius 2 is 2.03 bits per heavy atom. The number of hydrogen-bond donors (Lipinski definition) is 2. The van der Waals surface area contributed by atoms with E-state index in [2.05, 4.69) is 16.1 Å². The van der Waals surface area contributed by atoms with Gasteiger partial charge in [-0.1, -0.05) is 5.92 Å². The smallest absolute Gasteiger partial charge is 0.272 e. The summed E-state index contributed by atoms with van der Waals surface area (Å²) in [5, 5.41) is 12.4. The van der Waals surface area contributed by atoms with Crippen LogP contribution < -0.4 is 5.32 Å². The first-order valence-electron chi connectivity index (χ1n) is 10.4. The zero-order valence-electron chi connectivity index (χ0n) is 18.7. The number of hydrogen-bond acceptors (Lipinski definition) is 4. The van der Waals surface area contributed by atoms with Gasteiger partial charge in [0, 0.05) is 24.8 Å². The van der Waals surface area contributed by atoms with Crippen molar-refractivity contribution in [3.05, 3.63) is 57.9 Å². The lowest BCUT2D eigenvalue weighted by molar-refractivity contribution is -0.117. The van der Waals surface area contributed by atoms with E-state index in [1.54, 1.807) is 20.9 Å². The van der Waals surface area contributed by atoms with Gasteiger partial charge in [-0.15, -0.1) is 6.42 Å². The van der Waals surface area contributed by atoms with E-state index in [1.165, 1.54) is 16.7 Å². The molecule has 7 nitrogen and oxygen atoms in total. The number of amides is 1. The molecular weight excluding hydrogens is 425 g/mol. The summed E-state index contributed by atoms with van der Waals surface area (Å²) >= 11 is 0. The van der Waals surface area contributed by atoms with E-state index < -0.39 is 28.7 Å². The van der Waals surface area contributed by atoms with E-state index in [0.29, 0.717) is 11.3 Å². The maximum absolute atomic E-state index is 13.6. The fourth-order valence-corrected chi connectivity index (χ4v) is 4.19. The van der Waals surface area contributed by atoms with E-state index in [4.69, 9.17) is 13.0 Å². The lowest BCUT2D eigenvalue weighted by atomic mass is 9.78. The third-order valence-electron chi connectivity index (χ3n) is 6.35. The van der Waals surface area contributed by atoms with E-state index in [0.717, 1.165) is 18.9 Å². The Labute approximate surface area is 191 Å². The van der Waals surface area contributed by atoms with Crippen LogP contribution in [0.25, 0.3) is 4.85 Å². The van der Waals surface area contributed by atoms with E-state index in [1.807, 2.05) is 0 Å². The number of aliphatic hydroxyl groups excluding tert-OH is 1. The quantitative estimate of drug-likeness (QED) is 0.278. The summed E-state index contributed by atoms with van der Waals surface area (Å²) < 4.78 is 15.1. The average Bonchev–Trinajstić information content (AvgIpc) is 3.61. The lowest BCUT2D eigenvalue weighted by Gasteiger charge is -2.24. The Morgan fingerprint density at radius 1 is 1.36 bits per heavy atom. The number of rotatable bonds is 8. The topological polar surface area (TPSA) is 92.8 Å². The lowest BCUT2D eigenvalue weighted by Crippen LogP contribution is -2.32. The third-order valence-corrected chi connectivity index (χ3v) is 6.35. The number of halogens is 1. The second-order valence-corrected chi connectivity index (χ2v) is 8.39. The van der Waals surface area contributed by atoms with E-state index in [9.17, 15) is 23.9 Å². The van der Waals surface area contributed by atoms with Crippen molar-refractivity contribution < 1.29 is 23.9 Å². The van der Waals surface area contributed by atoms with Crippen molar-refractivity contribution in [3.63, 3.8) is 0 Å². The maximum atomic E-state index is 13.6. The molecule has 1 fully saturated rings. The summed E-state index contributed by atoms with van der Waals surface area (Å²) in [6.45, 7) is 9.82. The first-order valence-corrected chi connectivity index (χ1v) is 10.4. The molecule has 0 spiro atoms. The number of benzene rings is 1. The van der Waals surface area contributed by atoms with Crippen molar-refractivity contribution in [2.24, 2.45) is 18.4 Å². The molecule has 8 heteroatoms. The second-order valence-electron chi connectivity index (χ2n) is 8.39. The molecule has 0 unspecified atom stereocenters. The van der Waals surface area contributed by atoms with Gasteiger partial charge in [0.25, 0.3) is 5.91 Å². The van der Waals surface area contributed by atoms with Crippen LogP contribution in [0.15, 0.2) is 18.2 Å². The van der Waals surface area contributed by atoms with Gasteiger partial charge in [0.05, 0.1) is 24.2 Å². The number of anilines is 1. The second kappa shape index (κ2) is 9.01. The largest absolute Gasteiger partial charge is 0.395 e. The van der Waals surface area contributed by atoms with E-state index >= 15 is 0 Å². The van der Waals surface area contributed by atoms with Crippen LogP contribution in [-0.4, -0.2) is 33.8 Å². The molecule has 0 bridgehead atoms. The minimum atomic E-state index is -1.05. The number of carbonyl (C=O) groups excluding carboxylic acids is 3. The Bertz CT molecular complexity index is 1240. The van der Waals surface area contributed by atoms with Crippen LogP contribution in [0.2, 0.25) is 0 Å². The number of Topliss-reactive ketones (excluding diaryl/α,β-unsaturated/α-hetero) is 2. The summed E-state index contributed by atoms with van der Waals surface area (Å²) in [6, 6.07) is 3.63. The van der Waals surface area contributed by atoms with Crippen molar-refractivity contribution >= 4 is 28.8 Å². The molecule has 1 aliphatic carbocycles. The molecule has 33 heavy (non-hydrogen) atoms. The number of ketones is 2. The zero-order valence-corrected chi connectivity index (χ0v) is 18.7. The molecule has 0 saturated heterocycles. The van der Waals surface area contributed by atoms with Gasteiger partial charge >= 0.3 is 0 Å². The van der Waals surface area contributed by atoms with Crippen LogP contribution in [0.3, 0.4) is 0 Å². The van der Waals surface area contributed by atoms with Crippen molar-refractivity contribution in [1.82, 2.24) is 4.57 Å². The number of carbonyl (C=O) groups is 3. The number of nitrogens with zero attached hydrogens (tertiary/aromatic N) is 2. The molecule has 1 aromatic carbocycles. The van der Waals surface area contributed by atoms with Crippen LogP contribution in [0, 0.1) is 49.9 Å². The predicted octanol–water partition coefficient (Wildman–Crippen LogP) is 3.75. The Morgan fingerprint density at radius 3 is 2.58 bits per heavy atom. The van der Waals surface area contributed by atoms with Crippen molar-refractivity contribution in [1.29, 1.82) is 0 Å². The van der Waals surface area contributed by atoms with Gasteiger partial charge in [-0.05, 0) is 56.4 Å². The molecule has 1 heterocycles. The Balaban J connectivity index is 1.89. The molecule has 170 valence electrons. The minimum absolute atomic E-state index is 0.0135. The molecular formula is C25H24FN3O4. The van der Waals surface area contributed by atoms with Gasteiger partial charge in [-0.2, -0.15) is 0 Å². The standard InChI is InChI=1S/C25H24FN3O4/c1-6-25(13-30,16-7-8-16)12-20(31)23(32)21-14(2)22(29(5)15(21)3)24(33)28-17-9-10-18(26)19(11-17)27-4/h1,9-11,16,30H,7-8,12-13H2,2-3,5H3,(H,28,33)/t25-/m1/s1. The SMILES string of the molecule is [C-]#[N+]c1cc(NC(=O)c2c(C)c(C(=O)C(=O)C[C@](C#C)(CO)C3CC3)c(C)n2C)ccc1F. The van der Waals surface area contributed by atoms with E-state index in [-0.39, 0.29) is 41.6 Å². The monoisotopic (exact) mass is 449 g/mol. The van der Waals surface area contributed by atoms with Gasteiger partial charge < -0.3 is 15.0 Å². The maximum Gasteiger partial charge on any atom is 0.272 e. The summed E-state index contributed by atoms with van der Waals surface area (Å²) in [5.74, 6) is -0.194. The zero-order chi connectivity index (χ0) is 24.5. The van der Waals surface area contributed by atoms with Crippen LogP contribution in [0.4, 0.5) is 15.8 Å². The molecule has 1 aliphatic rings. The Kier molecular flexibility index (Phi) is 6.53. The highest BCUT2D eigenvalue weighted by atomic mass is 19.1. The number of aliphatic hydroxyl groups is 1. The number of terminal acetylenes is 1. The highest BCUT2D eigenvalue weighted by molar-refractivity contribution is 6.44. The molecule has 3 rings (SSSR count). The molecule has 1 saturated carbocycles. The molecule has 0 aliphatic heterocycles. The van der Waals surface area contributed by atoms with Crippen molar-refractivity contribution in [3.8, 4) is 12.3 Å². The van der Waals surface area contributed by atoms with Gasteiger partial charge in [0.15, 0.2) is 0 Å². The first kappa shape index (κ1) is 23.9. The molecule has 1 aromatic heterocycles. The fourth-order valence-electron chi connectivity index (χ4n) is 4.19. The van der Waals surface area contributed by atoms with Crippen molar-refractivity contribution in [2.45, 2.75) is 33.1 Å². The summed E-state index contributed by atoms with van der Waals surface area (Å²) in [5.41, 5.74) is -0.0319. The normalized spacial score (nSPS) is 14.6. The molecule has 2 N–H and O–H groups in total. The molecule has 1 amide bonds. The van der Waals surface area contributed by atoms with Crippen LogP contribution in [-0.2, 0) is 11.8 Å². The average molecular weight is 449 g/mol. The van der Waals surface area contributed by atoms with Crippen LogP contribution in [0.5, 0.6) is 0 Å². The first-order chi connectivity index (χ1) is 15.6. The predicted molar refractivity (Wildman–Crippen MR) is 121 cm³/mol. The van der Waals surface area contributed by atoms with Crippen LogP contribution >= 0.6 is 0 Å². The van der Waals surface area contributed by atoms with Gasteiger partial charge in [-0.25, -0.2) is 9.24 Å². The Hall–Kier alpha value is -3.75. The number of nitrogens with one attached hydrogen (secondary N) is 1. The van der Waals surface area contributed by atoms with Gasteiger partial charge in [0.1, 0.15) is 11.5 Å². The summed E-state index contributed by atoms with van der Waals surface area (Å²) in [6.07, 6.45) is 6.96. The number of aromatic nitrogens is 1. The van der Waals surface area contributed by atoms with Crippen molar-refractivity contribution in [2.75, 3.05) is 11.9 Å². The van der Waals surface area contributed by atoms with Crippen LogP contribution in [0.1, 0.15) is 51.4 Å². The summed E-state index contributed by atoms with van der Waals surface area (Å²) in [4.78, 5) is 42.0. The third kappa shape index (κ3) is 4.30. The molecule has 0 radical (unpaired) electrons. The minimum Gasteiger partial charge on any atom is -0.395 e. The highest BCUT2D eigenvalue weighted by Crippen LogP contribution is 2.47.